The number of hydrogen-bond acceptors (Lipinski definition) is 2. The first-order chi connectivity index (χ1) is 9.15. The molecule has 0 saturated carbocycles. The predicted octanol–water partition coefficient (Wildman–Crippen LogP) is 3.57. The Bertz CT molecular complexity index is 451. The van der Waals surface area contributed by atoms with Crippen molar-refractivity contribution in [3.8, 4) is 0 Å². The maximum atomic E-state index is 9.78. The minimum atomic E-state index is -2.05. The molecule has 1 N–H and O–H groups in total. The molecule has 3 atom stereocenters. The SMILES string of the molecule is [2H][13C]([2H])([2H])C1(C)CCCC(C)=C1C1CC(C)=CC(O)O1. The Labute approximate surface area is 109 Å². The molecule has 3 unspecified atom stereocenters. The molecule has 1 aliphatic heterocycles. The second kappa shape index (κ2) is 4.58. The van der Waals surface area contributed by atoms with Crippen LogP contribution in [0.15, 0.2) is 22.8 Å². The van der Waals surface area contributed by atoms with E-state index in [2.05, 4.69) is 0 Å². The number of allylic oxidation sites excluding steroid dienone is 1. The van der Waals surface area contributed by atoms with Crippen molar-refractivity contribution in [2.75, 3.05) is 0 Å². The van der Waals surface area contributed by atoms with Gasteiger partial charge in [0.1, 0.15) is 0 Å². The van der Waals surface area contributed by atoms with Crippen molar-refractivity contribution in [3.05, 3.63) is 22.8 Å². The van der Waals surface area contributed by atoms with Gasteiger partial charge < -0.3 is 9.84 Å². The predicted molar refractivity (Wildman–Crippen MR) is 69.6 cm³/mol. The zero-order valence-electron chi connectivity index (χ0n) is 13.9. The molecule has 0 aromatic rings. The Morgan fingerprint density at radius 2 is 2.29 bits per heavy atom. The van der Waals surface area contributed by atoms with Gasteiger partial charge in [-0.05, 0) is 56.6 Å². The highest BCUT2D eigenvalue weighted by atomic mass is 16.6. The Balaban J connectivity index is 2.43. The average Bonchev–Trinajstić information content (AvgIpc) is 2.25. The maximum absolute atomic E-state index is 9.78. The molecule has 17 heavy (non-hydrogen) atoms. The second-order valence-electron chi connectivity index (χ2n) is 5.61. The summed E-state index contributed by atoms with van der Waals surface area (Å²) in [5.74, 6) is 0. The minimum absolute atomic E-state index is 0.319. The molecule has 0 aromatic heterocycles. The van der Waals surface area contributed by atoms with Crippen molar-refractivity contribution in [1.82, 2.24) is 0 Å². The van der Waals surface area contributed by atoms with Crippen LogP contribution < -0.4 is 0 Å². The Hall–Kier alpha value is -0.600. The van der Waals surface area contributed by atoms with Crippen LogP contribution in [-0.4, -0.2) is 17.5 Å². The van der Waals surface area contributed by atoms with Crippen LogP contribution in [0.5, 0.6) is 0 Å². The van der Waals surface area contributed by atoms with Crippen LogP contribution in [0.25, 0.3) is 0 Å². The highest BCUT2D eigenvalue weighted by Crippen LogP contribution is 2.44. The Kier molecular flexibility index (Phi) is 2.52. The van der Waals surface area contributed by atoms with Gasteiger partial charge in [-0.1, -0.05) is 24.9 Å². The lowest BCUT2D eigenvalue weighted by Crippen LogP contribution is -2.35. The van der Waals surface area contributed by atoms with Crippen LogP contribution in [0.3, 0.4) is 0 Å². The molecule has 0 saturated heterocycles. The van der Waals surface area contributed by atoms with Crippen molar-refractivity contribution in [2.24, 2.45) is 5.41 Å². The van der Waals surface area contributed by atoms with Gasteiger partial charge in [0.2, 0.25) is 0 Å². The van der Waals surface area contributed by atoms with Gasteiger partial charge in [0.05, 0.1) is 6.10 Å². The molecule has 2 nitrogen and oxygen atoms in total. The minimum Gasteiger partial charge on any atom is -0.365 e. The van der Waals surface area contributed by atoms with E-state index < -0.39 is 18.6 Å². The van der Waals surface area contributed by atoms with Crippen LogP contribution in [-0.2, 0) is 4.74 Å². The van der Waals surface area contributed by atoms with Gasteiger partial charge >= 0.3 is 0 Å². The fourth-order valence-electron chi connectivity index (χ4n) is 3.11. The maximum Gasteiger partial charge on any atom is 0.175 e. The Morgan fingerprint density at radius 1 is 1.53 bits per heavy atom. The molecule has 0 radical (unpaired) electrons. The van der Waals surface area contributed by atoms with Gasteiger partial charge in [0, 0.05) is 4.11 Å². The van der Waals surface area contributed by atoms with Gasteiger partial charge in [0.15, 0.2) is 6.29 Å². The molecule has 96 valence electrons. The lowest BCUT2D eigenvalue weighted by Gasteiger charge is -2.40. The summed E-state index contributed by atoms with van der Waals surface area (Å²) in [5.41, 5.74) is 2.20. The second-order valence-corrected chi connectivity index (χ2v) is 5.61. The summed E-state index contributed by atoms with van der Waals surface area (Å²) in [6.45, 7) is 3.72. The van der Waals surface area contributed by atoms with E-state index in [4.69, 9.17) is 8.85 Å². The molecule has 2 aliphatic rings. The first-order valence-corrected chi connectivity index (χ1v) is 6.36. The van der Waals surface area contributed by atoms with E-state index in [0.29, 0.717) is 12.8 Å². The van der Waals surface area contributed by atoms with Crippen LogP contribution in [0.1, 0.15) is 57.4 Å². The molecule has 0 aromatic carbocycles. The Morgan fingerprint density at radius 3 is 2.94 bits per heavy atom. The monoisotopic (exact) mass is 240 g/mol. The molecule has 2 rings (SSSR count). The fraction of sp³-hybridized carbons (Fsp3) is 0.733. The number of rotatable bonds is 1. The van der Waals surface area contributed by atoms with E-state index in [1.54, 1.807) is 6.08 Å². The molecule has 2 heteroatoms. The summed E-state index contributed by atoms with van der Waals surface area (Å²) in [6.07, 6.45) is 3.55. The topological polar surface area (TPSA) is 29.5 Å². The molecule has 0 spiro atoms. The van der Waals surface area contributed by atoms with Gasteiger partial charge in [-0.2, -0.15) is 0 Å². The first-order valence-electron chi connectivity index (χ1n) is 7.86. The molecule has 0 bridgehead atoms. The van der Waals surface area contributed by atoms with E-state index >= 15 is 0 Å². The van der Waals surface area contributed by atoms with Crippen LogP contribution in [0.4, 0.5) is 0 Å². The molecular formula is C15H24O2. The van der Waals surface area contributed by atoms with Gasteiger partial charge in [0.25, 0.3) is 0 Å². The summed E-state index contributed by atoms with van der Waals surface area (Å²) < 4.78 is 29.4. The summed E-state index contributed by atoms with van der Waals surface area (Å²) in [7, 11) is 0. The van der Waals surface area contributed by atoms with Crippen molar-refractivity contribution in [2.45, 2.75) is 65.7 Å². The summed E-state index contributed by atoms with van der Waals surface area (Å²) >= 11 is 0. The average molecular weight is 240 g/mol. The largest absolute Gasteiger partial charge is 0.365 e. The first kappa shape index (κ1) is 9.35. The normalized spacial score (nSPS) is 42.6. The zero-order chi connectivity index (χ0) is 15.1. The van der Waals surface area contributed by atoms with Gasteiger partial charge in [-0.3, -0.25) is 0 Å². The molecule has 0 amide bonds. The van der Waals surface area contributed by atoms with Gasteiger partial charge in [-0.25, -0.2) is 0 Å². The zero-order valence-corrected chi connectivity index (χ0v) is 10.9. The van der Waals surface area contributed by atoms with E-state index in [1.165, 1.54) is 0 Å². The highest BCUT2D eigenvalue weighted by Gasteiger charge is 2.36. The standard InChI is InChI=1S/C15H24O2/c1-10-8-12(17-13(16)9-10)14-11(2)6-5-7-15(14,3)4/h9,12-13,16H,5-8H2,1-4H3/i3+1D3. The van der Waals surface area contributed by atoms with E-state index in [-0.39, 0.29) is 6.10 Å². The lowest BCUT2D eigenvalue weighted by atomic mass is 9.73. The van der Waals surface area contributed by atoms with Gasteiger partial charge in [-0.15, -0.1) is 0 Å². The number of aliphatic hydroxyl groups is 1. The third-order valence-electron chi connectivity index (χ3n) is 3.84. The summed E-state index contributed by atoms with van der Waals surface area (Å²) in [4.78, 5) is 0. The smallest absolute Gasteiger partial charge is 0.175 e. The third-order valence-corrected chi connectivity index (χ3v) is 3.84. The number of aliphatic hydroxyl groups excluding tert-OH is 1. The van der Waals surface area contributed by atoms with Crippen molar-refractivity contribution in [3.63, 3.8) is 0 Å². The number of hydrogen-bond donors (Lipinski definition) is 1. The summed E-state index contributed by atoms with van der Waals surface area (Å²) in [5, 5.41) is 9.78. The van der Waals surface area contributed by atoms with Crippen molar-refractivity contribution >= 4 is 0 Å². The molecular weight excluding hydrogens is 213 g/mol. The molecule has 0 fully saturated rings. The lowest BCUT2D eigenvalue weighted by molar-refractivity contribution is -0.106. The fourth-order valence-corrected chi connectivity index (χ4v) is 3.11. The number of ether oxygens (including phenoxy) is 1. The summed E-state index contributed by atoms with van der Waals surface area (Å²) in [6, 6.07) is 0. The molecule has 1 aliphatic carbocycles. The van der Waals surface area contributed by atoms with Crippen LogP contribution in [0.2, 0.25) is 0 Å². The quantitative estimate of drug-likeness (QED) is 0.561. The van der Waals surface area contributed by atoms with Crippen LogP contribution in [0, 0.1) is 5.41 Å². The van der Waals surface area contributed by atoms with Crippen molar-refractivity contribution < 1.29 is 14.0 Å². The van der Waals surface area contributed by atoms with E-state index in [9.17, 15) is 5.11 Å². The highest BCUT2D eigenvalue weighted by molar-refractivity contribution is 5.29. The van der Waals surface area contributed by atoms with Crippen LogP contribution >= 0.6 is 0 Å². The molecule has 1 heterocycles. The van der Waals surface area contributed by atoms with E-state index in [1.807, 2.05) is 20.8 Å². The van der Waals surface area contributed by atoms with Crippen molar-refractivity contribution in [1.29, 1.82) is 0 Å². The van der Waals surface area contributed by atoms with E-state index in [0.717, 1.165) is 29.6 Å². The third kappa shape index (κ3) is 2.63.